The van der Waals surface area contributed by atoms with E-state index in [0.29, 0.717) is 12.5 Å². The lowest BCUT2D eigenvalue weighted by Crippen LogP contribution is -2.43. The van der Waals surface area contributed by atoms with Crippen molar-refractivity contribution in [3.8, 4) is 0 Å². The summed E-state index contributed by atoms with van der Waals surface area (Å²) in [7, 11) is 0. The number of ether oxygens (including phenoxy) is 1. The number of hydrogen-bond donors (Lipinski definition) is 2. The van der Waals surface area contributed by atoms with E-state index in [9.17, 15) is 4.79 Å². The molecule has 0 aliphatic heterocycles. The Hall–Kier alpha value is -0.610. The molecule has 15 heavy (non-hydrogen) atoms. The third-order valence-electron chi connectivity index (χ3n) is 2.99. The van der Waals surface area contributed by atoms with Crippen molar-refractivity contribution in [1.82, 2.24) is 5.43 Å². The van der Waals surface area contributed by atoms with E-state index in [4.69, 9.17) is 10.6 Å². The van der Waals surface area contributed by atoms with Crippen molar-refractivity contribution in [1.29, 1.82) is 0 Å². The van der Waals surface area contributed by atoms with Crippen LogP contribution < -0.4 is 11.3 Å². The molecule has 3 N–H and O–H groups in total. The molecule has 0 spiro atoms. The Labute approximate surface area is 91.5 Å². The van der Waals surface area contributed by atoms with Crippen LogP contribution in [0.1, 0.15) is 39.5 Å². The molecule has 1 atom stereocenters. The van der Waals surface area contributed by atoms with Crippen molar-refractivity contribution in [3.05, 3.63) is 0 Å². The molecular formula is C11H22N2O2. The van der Waals surface area contributed by atoms with Gasteiger partial charge in [-0.2, -0.15) is 0 Å². The number of amides is 1. The van der Waals surface area contributed by atoms with Crippen LogP contribution in [0.15, 0.2) is 0 Å². The van der Waals surface area contributed by atoms with Crippen LogP contribution in [-0.4, -0.2) is 18.6 Å². The van der Waals surface area contributed by atoms with Crippen molar-refractivity contribution in [3.63, 3.8) is 0 Å². The van der Waals surface area contributed by atoms with E-state index in [1.54, 1.807) is 0 Å². The fourth-order valence-electron chi connectivity index (χ4n) is 2.07. The predicted molar refractivity (Wildman–Crippen MR) is 58.9 cm³/mol. The van der Waals surface area contributed by atoms with Crippen LogP contribution in [-0.2, 0) is 9.53 Å². The van der Waals surface area contributed by atoms with Gasteiger partial charge in [-0.15, -0.1) is 0 Å². The summed E-state index contributed by atoms with van der Waals surface area (Å²) in [5.74, 6) is 5.69. The molecule has 4 heteroatoms. The minimum atomic E-state index is -0.407. The van der Waals surface area contributed by atoms with E-state index in [0.717, 1.165) is 0 Å². The van der Waals surface area contributed by atoms with E-state index in [-0.39, 0.29) is 11.8 Å². The van der Waals surface area contributed by atoms with Crippen molar-refractivity contribution in [2.24, 2.45) is 17.7 Å². The zero-order valence-electron chi connectivity index (χ0n) is 9.66. The first-order valence-electron chi connectivity index (χ1n) is 5.77. The van der Waals surface area contributed by atoms with Crippen LogP contribution in [0.25, 0.3) is 0 Å². The molecule has 88 valence electrons. The van der Waals surface area contributed by atoms with Crippen LogP contribution >= 0.6 is 0 Å². The summed E-state index contributed by atoms with van der Waals surface area (Å²) in [6, 6.07) is 0. The van der Waals surface area contributed by atoms with Crippen LogP contribution in [0, 0.1) is 11.8 Å². The molecule has 0 radical (unpaired) electrons. The SMILES string of the molecule is CC(C)C(OCC1CCCC1)C(=O)NN. The molecule has 0 saturated heterocycles. The van der Waals surface area contributed by atoms with Gasteiger partial charge in [-0.25, -0.2) is 5.84 Å². The molecule has 1 aliphatic carbocycles. The smallest absolute Gasteiger partial charge is 0.263 e. The summed E-state index contributed by atoms with van der Waals surface area (Å²) in [5, 5.41) is 0. The second kappa shape index (κ2) is 6.08. The molecule has 1 amide bonds. The highest BCUT2D eigenvalue weighted by Gasteiger charge is 2.24. The Morgan fingerprint density at radius 2 is 2.07 bits per heavy atom. The van der Waals surface area contributed by atoms with Gasteiger partial charge in [-0.05, 0) is 24.7 Å². The molecule has 1 fully saturated rings. The van der Waals surface area contributed by atoms with E-state index in [1.165, 1.54) is 25.7 Å². The van der Waals surface area contributed by atoms with Crippen molar-refractivity contribution < 1.29 is 9.53 Å². The largest absolute Gasteiger partial charge is 0.368 e. The molecule has 1 rings (SSSR count). The minimum absolute atomic E-state index is 0.162. The first-order chi connectivity index (χ1) is 7.15. The lowest BCUT2D eigenvalue weighted by molar-refractivity contribution is -0.136. The number of hydrogen-bond acceptors (Lipinski definition) is 3. The monoisotopic (exact) mass is 214 g/mol. The van der Waals surface area contributed by atoms with Crippen LogP contribution in [0.3, 0.4) is 0 Å². The zero-order valence-corrected chi connectivity index (χ0v) is 9.66. The second-order valence-corrected chi connectivity index (χ2v) is 4.66. The zero-order chi connectivity index (χ0) is 11.3. The van der Waals surface area contributed by atoms with Crippen molar-refractivity contribution >= 4 is 5.91 Å². The van der Waals surface area contributed by atoms with Gasteiger partial charge in [0.15, 0.2) is 0 Å². The van der Waals surface area contributed by atoms with E-state index in [2.05, 4.69) is 5.43 Å². The standard InChI is InChI=1S/C11H22N2O2/c1-8(2)10(11(14)13-12)15-7-9-5-3-4-6-9/h8-10H,3-7,12H2,1-2H3,(H,13,14). The lowest BCUT2D eigenvalue weighted by Gasteiger charge is -2.21. The first kappa shape index (κ1) is 12.5. The Bertz CT molecular complexity index is 201. The molecular weight excluding hydrogens is 192 g/mol. The molecule has 1 saturated carbocycles. The van der Waals surface area contributed by atoms with Gasteiger partial charge in [0, 0.05) is 0 Å². The first-order valence-corrected chi connectivity index (χ1v) is 5.77. The van der Waals surface area contributed by atoms with Gasteiger partial charge in [0.25, 0.3) is 5.91 Å². The van der Waals surface area contributed by atoms with Gasteiger partial charge in [-0.3, -0.25) is 10.2 Å². The Morgan fingerprint density at radius 1 is 1.47 bits per heavy atom. The number of hydrazine groups is 1. The fourth-order valence-corrected chi connectivity index (χ4v) is 2.07. The fraction of sp³-hybridized carbons (Fsp3) is 0.909. The van der Waals surface area contributed by atoms with Gasteiger partial charge < -0.3 is 4.74 Å². The molecule has 0 heterocycles. The maximum atomic E-state index is 11.4. The predicted octanol–water partition coefficient (Wildman–Crippen LogP) is 1.21. The quantitative estimate of drug-likeness (QED) is 0.411. The Morgan fingerprint density at radius 3 is 2.53 bits per heavy atom. The molecule has 0 bridgehead atoms. The number of carbonyl (C=O) groups excluding carboxylic acids is 1. The minimum Gasteiger partial charge on any atom is -0.368 e. The van der Waals surface area contributed by atoms with Crippen LogP contribution in [0.4, 0.5) is 0 Å². The number of nitrogens with one attached hydrogen (secondary N) is 1. The van der Waals surface area contributed by atoms with Crippen molar-refractivity contribution in [2.45, 2.75) is 45.6 Å². The molecule has 0 aromatic carbocycles. The highest BCUT2D eigenvalue weighted by molar-refractivity contribution is 5.80. The summed E-state index contributed by atoms with van der Waals surface area (Å²) < 4.78 is 5.65. The lowest BCUT2D eigenvalue weighted by atomic mass is 10.1. The normalized spacial score (nSPS) is 19.5. The topological polar surface area (TPSA) is 64.3 Å². The Balaban J connectivity index is 2.33. The molecule has 0 aromatic heterocycles. The average molecular weight is 214 g/mol. The third kappa shape index (κ3) is 3.80. The van der Waals surface area contributed by atoms with Gasteiger partial charge in [0.05, 0.1) is 6.61 Å². The highest BCUT2D eigenvalue weighted by Crippen LogP contribution is 2.25. The molecule has 1 aliphatic rings. The number of carbonyl (C=O) groups is 1. The van der Waals surface area contributed by atoms with E-state index >= 15 is 0 Å². The summed E-state index contributed by atoms with van der Waals surface area (Å²) in [5.41, 5.74) is 2.16. The summed E-state index contributed by atoms with van der Waals surface area (Å²) in [4.78, 5) is 11.4. The van der Waals surface area contributed by atoms with Crippen molar-refractivity contribution in [2.75, 3.05) is 6.61 Å². The van der Waals surface area contributed by atoms with E-state index in [1.807, 2.05) is 13.8 Å². The molecule has 0 aromatic rings. The molecule has 1 unspecified atom stereocenters. The summed E-state index contributed by atoms with van der Waals surface area (Å²) in [6.07, 6.45) is 4.65. The van der Waals surface area contributed by atoms with Crippen LogP contribution in [0.5, 0.6) is 0 Å². The van der Waals surface area contributed by atoms with Crippen LogP contribution in [0.2, 0.25) is 0 Å². The van der Waals surface area contributed by atoms with Gasteiger partial charge in [-0.1, -0.05) is 26.7 Å². The van der Waals surface area contributed by atoms with Gasteiger partial charge in [0.2, 0.25) is 0 Å². The average Bonchev–Trinajstić information content (AvgIpc) is 2.70. The highest BCUT2D eigenvalue weighted by atomic mass is 16.5. The maximum Gasteiger partial charge on any atom is 0.263 e. The second-order valence-electron chi connectivity index (χ2n) is 4.66. The number of rotatable bonds is 5. The third-order valence-corrected chi connectivity index (χ3v) is 2.99. The number of nitrogens with two attached hydrogens (primary N) is 1. The molecule has 4 nitrogen and oxygen atoms in total. The summed E-state index contributed by atoms with van der Waals surface area (Å²) in [6.45, 7) is 4.62. The maximum absolute atomic E-state index is 11.4. The summed E-state index contributed by atoms with van der Waals surface area (Å²) >= 11 is 0. The Kier molecular flexibility index (Phi) is 5.05. The van der Waals surface area contributed by atoms with Gasteiger partial charge in [0.1, 0.15) is 6.10 Å². The van der Waals surface area contributed by atoms with Gasteiger partial charge >= 0.3 is 0 Å². The van der Waals surface area contributed by atoms with E-state index < -0.39 is 6.10 Å².